The van der Waals surface area contributed by atoms with Crippen LogP contribution in [0.1, 0.15) is 16.8 Å². The summed E-state index contributed by atoms with van der Waals surface area (Å²) in [6, 6.07) is 5.11. The number of rotatable bonds is 4. The van der Waals surface area contributed by atoms with Crippen LogP contribution in [0.25, 0.3) is 11.3 Å². The Balaban J connectivity index is 1.49. The molecule has 0 aliphatic carbocycles. The van der Waals surface area contributed by atoms with E-state index in [0.29, 0.717) is 5.56 Å². The van der Waals surface area contributed by atoms with Crippen molar-refractivity contribution in [2.75, 3.05) is 31.1 Å². The molecule has 0 bridgehead atoms. The molecule has 3 aromatic rings. The monoisotopic (exact) mass is 380 g/mol. The van der Waals surface area contributed by atoms with Gasteiger partial charge in [-0.3, -0.25) is 14.6 Å². The van der Waals surface area contributed by atoms with Crippen LogP contribution >= 0.6 is 0 Å². The minimum atomic E-state index is -0.200. The van der Waals surface area contributed by atoms with Gasteiger partial charge in [0.1, 0.15) is 11.5 Å². The Morgan fingerprint density at radius 2 is 1.79 bits per heavy atom. The third-order valence-corrected chi connectivity index (χ3v) is 5.29. The highest BCUT2D eigenvalue weighted by atomic mass is 19.1. The molecule has 28 heavy (non-hydrogen) atoms. The van der Waals surface area contributed by atoms with Crippen molar-refractivity contribution in [2.24, 2.45) is 7.05 Å². The van der Waals surface area contributed by atoms with Gasteiger partial charge in [-0.2, -0.15) is 5.10 Å². The molecule has 7 heteroatoms. The summed E-state index contributed by atoms with van der Waals surface area (Å²) in [7, 11) is 1.96. The van der Waals surface area contributed by atoms with Gasteiger partial charge in [0.25, 0.3) is 0 Å². The molecule has 0 atom stereocenters. The van der Waals surface area contributed by atoms with E-state index >= 15 is 0 Å². The minimum Gasteiger partial charge on any atom is -0.352 e. The minimum absolute atomic E-state index is 0.200. The number of halogens is 1. The fourth-order valence-electron chi connectivity index (χ4n) is 3.72. The summed E-state index contributed by atoms with van der Waals surface area (Å²) in [5.74, 6) is 0.666. The Kier molecular flexibility index (Phi) is 5.09. The van der Waals surface area contributed by atoms with Crippen LogP contribution in [0, 0.1) is 19.7 Å². The van der Waals surface area contributed by atoms with Gasteiger partial charge in [-0.25, -0.2) is 9.37 Å². The maximum atomic E-state index is 13.7. The van der Waals surface area contributed by atoms with Crippen molar-refractivity contribution in [1.29, 1.82) is 0 Å². The normalized spacial score (nSPS) is 15.2. The number of hydrogen-bond donors (Lipinski definition) is 0. The van der Waals surface area contributed by atoms with Crippen LogP contribution in [0.2, 0.25) is 0 Å². The fourth-order valence-corrected chi connectivity index (χ4v) is 3.72. The Morgan fingerprint density at radius 3 is 2.46 bits per heavy atom. The molecule has 0 saturated carbocycles. The quantitative estimate of drug-likeness (QED) is 0.697. The van der Waals surface area contributed by atoms with Crippen LogP contribution < -0.4 is 4.90 Å². The van der Waals surface area contributed by atoms with E-state index in [1.165, 1.54) is 11.6 Å². The Labute approximate surface area is 164 Å². The van der Waals surface area contributed by atoms with Gasteiger partial charge in [0.15, 0.2) is 5.82 Å². The van der Waals surface area contributed by atoms with Gasteiger partial charge >= 0.3 is 0 Å². The number of nitrogens with zero attached hydrogens (tertiary/aromatic N) is 6. The highest BCUT2D eigenvalue weighted by molar-refractivity contribution is 5.72. The van der Waals surface area contributed by atoms with E-state index in [1.807, 2.05) is 17.8 Å². The molecule has 0 unspecified atom stereocenters. The van der Waals surface area contributed by atoms with Gasteiger partial charge < -0.3 is 4.90 Å². The lowest BCUT2D eigenvalue weighted by molar-refractivity contribution is 0.249. The van der Waals surface area contributed by atoms with Gasteiger partial charge in [0, 0.05) is 69.5 Å². The van der Waals surface area contributed by atoms with Crippen LogP contribution in [-0.2, 0) is 13.6 Å². The molecule has 0 radical (unpaired) electrons. The molecule has 1 aliphatic rings. The smallest absolute Gasteiger partial charge is 0.155 e. The first-order chi connectivity index (χ1) is 13.5. The van der Waals surface area contributed by atoms with Gasteiger partial charge in [-0.05, 0) is 37.6 Å². The Morgan fingerprint density at radius 1 is 1.04 bits per heavy atom. The van der Waals surface area contributed by atoms with Gasteiger partial charge in [0.2, 0.25) is 0 Å². The molecule has 146 valence electrons. The predicted molar refractivity (Wildman–Crippen MR) is 108 cm³/mol. The standard InChI is InChI=1S/C21H25FN6/c1-15-12-17(4-5-19(15)22)20-21(24-7-6-23-20)28-10-8-27(9-11-28)14-18-13-26(3)25-16(18)2/h4-7,12-13H,8-11,14H2,1-3H3. The van der Waals surface area contributed by atoms with Crippen molar-refractivity contribution >= 4 is 5.82 Å². The lowest BCUT2D eigenvalue weighted by atomic mass is 10.1. The van der Waals surface area contributed by atoms with E-state index in [9.17, 15) is 4.39 Å². The second-order valence-corrected chi connectivity index (χ2v) is 7.37. The molecule has 1 aliphatic heterocycles. The Bertz CT molecular complexity index is 975. The summed E-state index contributed by atoms with van der Waals surface area (Å²) in [5, 5.41) is 4.43. The number of hydrogen-bond acceptors (Lipinski definition) is 5. The van der Waals surface area contributed by atoms with E-state index in [-0.39, 0.29) is 5.82 Å². The average Bonchev–Trinajstić information content (AvgIpc) is 3.01. The molecule has 0 N–H and O–H groups in total. The molecule has 1 fully saturated rings. The van der Waals surface area contributed by atoms with Crippen LogP contribution in [0.3, 0.4) is 0 Å². The number of anilines is 1. The molecule has 1 aromatic carbocycles. The molecule has 2 aromatic heterocycles. The summed E-state index contributed by atoms with van der Waals surface area (Å²) in [6.45, 7) is 8.41. The van der Waals surface area contributed by atoms with Crippen molar-refractivity contribution in [2.45, 2.75) is 20.4 Å². The van der Waals surface area contributed by atoms with Crippen LogP contribution in [0.15, 0.2) is 36.8 Å². The van der Waals surface area contributed by atoms with E-state index in [2.05, 4.69) is 38.0 Å². The van der Waals surface area contributed by atoms with Crippen LogP contribution in [-0.4, -0.2) is 50.8 Å². The van der Waals surface area contributed by atoms with Crippen molar-refractivity contribution < 1.29 is 4.39 Å². The average molecular weight is 380 g/mol. The lowest BCUT2D eigenvalue weighted by Gasteiger charge is -2.35. The SMILES string of the molecule is Cc1cc(-c2nccnc2N2CCN(Cc3cn(C)nc3C)CC2)ccc1F. The van der Waals surface area contributed by atoms with Crippen LogP contribution in [0.4, 0.5) is 10.2 Å². The first-order valence-electron chi connectivity index (χ1n) is 9.55. The molecule has 0 amide bonds. The number of aromatic nitrogens is 4. The summed E-state index contributed by atoms with van der Waals surface area (Å²) in [5.41, 5.74) is 4.69. The molecule has 1 saturated heterocycles. The third kappa shape index (κ3) is 3.75. The predicted octanol–water partition coefficient (Wildman–Crippen LogP) is 2.96. The van der Waals surface area contributed by atoms with E-state index in [1.54, 1.807) is 25.4 Å². The van der Waals surface area contributed by atoms with E-state index in [4.69, 9.17) is 0 Å². The molecular weight excluding hydrogens is 355 g/mol. The third-order valence-electron chi connectivity index (χ3n) is 5.29. The molecule has 6 nitrogen and oxygen atoms in total. The summed E-state index contributed by atoms with van der Waals surface area (Å²) >= 11 is 0. The Hall–Kier alpha value is -2.80. The maximum absolute atomic E-state index is 13.7. The first kappa shape index (κ1) is 18.6. The second-order valence-electron chi connectivity index (χ2n) is 7.37. The first-order valence-corrected chi connectivity index (χ1v) is 9.55. The van der Waals surface area contributed by atoms with Crippen molar-refractivity contribution in [1.82, 2.24) is 24.6 Å². The molecule has 0 spiro atoms. The van der Waals surface area contributed by atoms with Gasteiger partial charge in [0.05, 0.1) is 5.69 Å². The number of benzene rings is 1. The largest absolute Gasteiger partial charge is 0.352 e. The van der Waals surface area contributed by atoms with E-state index < -0.39 is 0 Å². The second kappa shape index (κ2) is 7.67. The highest BCUT2D eigenvalue weighted by Gasteiger charge is 2.22. The summed E-state index contributed by atoms with van der Waals surface area (Å²) in [6.07, 6.45) is 5.51. The number of piperazine rings is 1. The lowest BCUT2D eigenvalue weighted by Crippen LogP contribution is -2.46. The molecular formula is C21H25FN6. The van der Waals surface area contributed by atoms with Crippen molar-refractivity contribution in [3.63, 3.8) is 0 Å². The van der Waals surface area contributed by atoms with Crippen LogP contribution in [0.5, 0.6) is 0 Å². The van der Waals surface area contributed by atoms with Gasteiger partial charge in [-0.1, -0.05) is 0 Å². The zero-order chi connectivity index (χ0) is 19.7. The summed E-state index contributed by atoms with van der Waals surface area (Å²) < 4.78 is 15.5. The zero-order valence-electron chi connectivity index (χ0n) is 16.6. The molecule has 3 heterocycles. The fraction of sp³-hybridized carbons (Fsp3) is 0.381. The van der Waals surface area contributed by atoms with Gasteiger partial charge in [-0.15, -0.1) is 0 Å². The highest BCUT2D eigenvalue weighted by Crippen LogP contribution is 2.28. The molecule has 4 rings (SSSR count). The van der Waals surface area contributed by atoms with E-state index in [0.717, 1.165) is 55.5 Å². The number of aryl methyl sites for hydroxylation is 3. The maximum Gasteiger partial charge on any atom is 0.155 e. The van der Waals surface area contributed by atoms with Crippen molar-refractivity contribution in [3.05, 3.63) is 59.4 Å². The zero-order valence-corrected chi connectivity index (χ0v) is 16.6. The topological polar surface area (TPSA) is 50.1 Å². The van der Waals surface area contributed by atoms with Crippen molar-refractivity contribution in [3.8, 4) is 11.3 Å². The summed E-state index contributed by atoms with van der Waals surface area (Å²) in [4.78, 5) is 13.9.